The first-order valence-electron chi connectivity index (χ1n) is 9.30. The Kier molecular flexibility index (Phi) is 4.38. The van der Waals surface area contributed by atoms with Gasteiger partial charge in [0.25, 0.3) is 5.91 Å². The van der Waals surface area contributed by atoms with Crippen LogP contribution < -0.4 is 0 Å². The van der Waals surface area contributed by atoms with Crippen LogP contribution in [0.2, 0.25) is 0 Å². The molecule has 2 aromatic heterocycles. The summed E-state index contributed by atoms with van der Waals surface area (Å²) in [6.07, 6.45) is 2.12. The number of carbonyl (C=O) groups is 2. The van der Waals surface area contributed by atoms with Crippen molar-refractivity contribution in [3.05, 3.63) is 35.5 Å². The third-order valence-electron chi connectivity index (χ3n) is 5.82. The molecule has 4 rings (SSSR count). The van der Waals surface area contributed by atoms with Gasteiger partial charge in [0.05, 0.1) is 12.0 Å². The molecule has 0 aromatic carbocycles. The molecule has 144 valence electrons. The van der Waals surface area contributed by atoms with Crippen LogP contribution >= 0.6 is 0 Å². The topological polar surface area (TPSA) is 78.2 Å². The molecular formula is C19H23FN4O3. The van der Waals surface area contributed by atoms with Crippen molar-refractivity contribution >= 4 is 17.5 Å². The average molecular weight is 374 g/mol. The number of carbonyl (C=O) groups excluding carboxylic acids is 2. The summed E-state index contributed by atoms with van der Waals surface area (Å²) in [6, 6.07) is 5.19. The molecule has 1 spiro atoms. The van der Waals surface area contributed by atoms with Crippen molar-refractivity contribution in [2.45, 2.75) is 26.2 Å². The number of β-amino-alcohol motifs (C(OH)–C–C–N with tert-alkyl or cyclic N) is 1. The van der Waals surface area contributed by atoms with Gasteiger partial charge in [0.2, 0.25) is 11.9 Å². The van der Waals surface area contributed by atoms with Crippen molar-refractivity contribution in [2.75, 3.05) is 32.8 Å². The van der Waals surface area contributed by atoms with Crippen molar-refractivity contribution in [1.82, 2.24) is 19.2 Å². The number of aromatic nitrogens is 2. The number of fused-ring (bicyclic) bond motifs is 1. The zero-order chi connectivity index (χ0) is 19.2. The second kappa shape index (κ2) is 6.60. The van der Waals surface area contributed by atoms with E-state index in [1.165, 1.54) is 4.40 Å². The van der Waals surface area contributed by atoms with E-state index in [-0.39, 0.29) is 24.8 Å². The number of aliphatic hydroxyl groups is 1. The van der Waals surface area contributed by atoms with Gasteiger partial charge < -0.3 is 14.9 Å². The van der Waals surface area contributed by atoms with Crippen molar-refractivity contribution in [3.8, 4) is 0 Å². The summed E-state index contributed by atoms with van der Waals surface area (Å²) in [5.74, 6) is -1.14. The second-order valence-electron chi connectivity index (χ2n) is 7.49. The maximum atomic E-state index is 14.8. The Morgan fingerprint density at radius 2 is 2.15 bits per heavy atom. The minimum absolute atomic E-state index is 0.00980. The molecule has 0 bridgehead atoms. The van der Waals surface area contributed by atoms with Gasteiger partial charge in [0, 0.05) is 31.9 Å². The summed E-state index contributed by atoms with van der Waals surface area (Å²) < 4.78 is 16.1. The summed E-state index contributed by atoms with van der Waals surface area (Å²) in [6.45, 7) is 3.32. The van der Waals surface area contributed by atoms with Gasteiger partial charge in [-0.05, 0) is 38.3 Å². The molecule has 4 heterocycles. The molecular weight excluding hydrogens is 351 g/mol. The summed E-state index contributed by atoms with van der Waals surface area (Å²) >= 11 is 0. The molecule has 7 nitrogen and oxygen atoms in total. The van der Waals surface area contributed by atoms with Crippen LogP contribution in [-0.2, 0) is 4.79 Å². The summed E-state index contributed by atoms with van der Waals surface area (Å²) in [4.78, 5) is 33.2. The first-order valence-corrected chi connectivity index (χ1v) is 9.30. The van der Waals surface area contributed by atoms with Crippen LogP contribution in [0.4, 0.5) is 4.39 Å². The van der Waals surface area contributed by atoms with Crippen LogP contribution in [0, 0.1) is 18.3 Å². The van der Waals surface area contributed by atoms with E-state index in [9.17, 15) is 14.0 Å². The van der Waals surface area contributed by atoms with Crippen LogP contribution in [0.3, 0.4) is 0 Å². The first-order chi connectivity index (χ1) is 13.0. The fraction of sp³-hybridized carbons (Fsp3) is 0.526. The number of pyridine rings is 1. The van der Waals surface area contributed by atoms with Gasteiger partial charge in [0.1, 0.15) is 5.65 Å². The minimum atomic E-state index is -0.661. The number of aryl methyl sites for hydroxylation is 1. The molecule has 0 unspecified atom stereocenters. The third-order valence-corrected chi connectivity index (χ3v) is 5.82. The first kappa shape index (κ1) is 17.9. The van der Waals surface area contributed by atoms with E-state index in [1.54, 1.807) is 34.9 Å². The number of hydrogen-bond acceptors (Lipinski definition) is 4. The molecule has 2 aliphatic rings. The smallest absolute Gasteiger partial charge is 0.277 e. The van der Waals surface area contributed by atoms with Crippen LogP contribution in [0.15, 0.2) is 18.2 Å². The highest BCUT2D eigenvalue weighted by Crippen LogP contribution is 2.40. The monoisotopic (exact) mass is 374 g/mol. The summed E-state index contributed by atoms with van der Waals surface area (Å²) in [5.41, 5.74) is 0.246. The number of likely N-dealkylation sites (tertiary alicyclic amines) is 2. The zero-order valence-electron chi connectivity index (χ0n) is 15.3. The van der Waals surface area contributed by atoms with Crippen molar-refractivity contribution in [3.63, 3.8) is 0 Å². The molecule has 1 atom stereocenters. The van der Waals surface area contributed by atoms with Gasteiger partial charge in [-0.25, -0.2) is 4.98 Å². The molecule has 0 aliphatic carbocycles. The Labute approximate surface area is 156 Å². The van der Waals surface area contributed by atoms with Gasteiger partial charge in [0.15, 0.2) is 5.69 Å². The highest BCUT2D eigenvalue weighted by atomic mass is 19.1. The highest BCUT2D eigenvalue weighted by Gasteiger charge is 2.49. The van der Waals surface area contributed by atoms with Crippen molar-refractivity contribution < 1.29 is 19.1 Å². The minimum Gasteiger partial charge on any atom is -0.395 e. The molecule has 0 saturated carbocycles. The van der Waals surface area contributed by atoms with E-state index in [4.69, 9.17) is 5.11 Å². The predicted molar refractivity (Wildman–Crippen MR) is 95.7 cm³/mol. The number of piperidine rings is 1. The van der Waals surface area contributed by atoms with E-state index >= 15 is 0 Å². The maximum absolute atomic E-state index is 14.8. The van der Waals surface area contributed by atoms with E-state index in [2.05, 4.69) is 4.98 Å². The van der Waals surface area contributed by atoms with Gasteiger partial charge in [-0.15, -0.1) is 0 Å². The Morgan fingerprint density at radius 1 is 1.33 bits per heavy atom. The van der Waals surface area contributed by atoms with Crippen LogP contribution in [0.1, 0.15) is 35.4 Å². The summed E-state index contributed by atoms with van der Waals surface area (Å²) in [7, 11) is 0. The lowest BCUT2D eigenvalue weighted by Crippen LogP contribution is -2.51. The number of rotatable bonds is 3. The quantitative estimate of drug-likeness (QED) is 0.877. The van der Waals surface area contributed by atoms with Crippen LogP contribution in [0.25, 0.3) is 5.65 Å². The van der Waals surface area contributed by atoms with E-state index in [0.717, 1.165) is 6.42 Å². The molecule has 2 aliphatic heterocycles. The number of halogens is 1. The lowest BCUT2D eigenvalue weighted by atomic mass is 9.78. The second-order valence-corrected chi connectivity index (χ2v) is 7.49. The number of imidazole rings is 1. The maximum Gasteiger partial charge on any atom is 0.277 e. The van der Waals surface area contributed by atoms with Crippen molar-refractivity contribution in [2.24, 2.45) is 5.41 Å². The lowest BCUT2D eigenvalue weighted by Gasteiger charge is -2.39. The van der Waals surface area contributed by atoms with Gasteiger partial charge >= 0.3 is 0 Å². The van der Waals surface area contributed by atoms with E-state index < -0.39 is 17.3 Å². The Morgan fingerprint density at radius 3 is 2.89 bits per heavy atom. The van der Waals surface area contributed by atoms with Crippen LogP contribution in [-0.4, -0.2) is 68.9 Å². The average Bonchev–Trinajstić information content (AvgIpc) is 3.22. The molecule has 2 aromatic rings. The number of nitrogens with zero attached hydrogens (tertiary/aromatic N) is 4. The predicted octanol–water partition coefficient (Wildman–Crippen LogP) is 1.23. The Bertz CT molecular complexity index is 910. The van der Waals surface area contributed by atoms with Gasteiger partial charge in [-0.1, -0.05) is 6.07 Å². The standard InChI is InChI=1S/C19H23FN4O3/c1-13-4-2-5-14-21-15(16(20)24(13)14)17(26)23-9-7-19(12-23)6-3-8-22(10-11-25)18(19)27/h2,4-5,25H,3,6-12H2,1H3/t19-/m0/s1. The highest BCUT2D eigenvalue weighted by molar-refractivity contribution is 5.94. The molecule has 27 heavy (non-hydrogen) atoms. The van der Waals surface area contributed by atoms with E-state index in [1.807, 2.05) is 0 Å². The lowest BCUT2D eigenvalue weighted by molar-refractivity contribution is -0.146. The number of amides is 2. The molecule has 0 radical (unpaired) electrons. The van der Waals surface area contributed by atoms with Crippen molar-refractivity contribution in [1.29, 1.82) is 0 Å². The molecule has 2 saturated heterocycles. The molecule has 2 fully saturated rings. The molecule has 8 heteroatoms. The van der Waals surface area contributed by atoms with Crippen LogP contribution in [0.5, 0.6) is 0 Å². The zero-order valence-corrected chi connectivity index (χ0v) is 15.3. The Hall–Kier alpha value is -2.48. The van der Waals surface area contributed by atoms with E-state index in [0.29, 0.717) is 43.8 Å². The largest absolute Gasteiger partial charge is 0.395 e. The number of aliphatic hydroxyl groups excluding tert-OH is 1. The Balaban J connectivity index is 1.59. The third kappa shape index (κ3) is 2.79. The number of hydrogen-bond donors (Lipinski definition) is 1. The fourth-order valence-corrected chi connectivity index (χ4v) is 4.41. The SMILES string of the molecule is Cc1cccc2nc(C(=O)N3CC[C@@]4(CCCN(CCO)C4=O)C3)c(F)n12. The van der Waals surface area contributed by atoms with Gasteiger partial charge in [-0.3, -0.25) is 14.0 Å². The molecule has 2 amide bonds. The fourth-order valence-electron chi connectivity index (χ4n) is 4.41. The summed E-state index contributed by atoms with van der Waals surface area (Å²) in [5, 5.41) is 9.17. The van der Waals surface area contributed by atoms with Gasteiger partial charge in [-0.2, -0.15) is 4.39 Å². The normalized spacial score (nSPS) is 23.0. The molecule has 1 N–H and O–H groups in total.